The number of quaternary nitrogens is 2. The van der Waals surface area contributed by atoms with Crippen LogP contribution in [0.4, 0.5) is 0 Å². The third-order valence-electron chi connectivity index (χ3n) is 6.01. The van der Waals surface area contributed by atoms with Crippen molar-refractivity contribution in [1.82, 2.24) is 0 Å². The fraction of sp³-hybridized carbons (Fsp3) is 0.923. The molecule has 0 saturated carbocycles. The molecule has 0 unspecified atom stereocenters. The lowest BCUT2D eigenvalue weighted by atomic mass is 10.1. The van der Waals surface area contributed by atoms with Gasteiger partial charge in [0.15, 0.2) is 11.6 Å². The maximum Gasteiger partial charge on any atom is 0.186 e. The van der Waals surface area contributed by atoms with Crippen LogP contribution in [0.3, 0.4) is 0 Å². The molecule has 0 aromatic rings. The van der Waals surface area contributed by atoms with E-state index in [9.17, 15) is 9.59 Å². The predicted octanol–water partition coefficient (Wildman–Crippen LogP) is -0.260. The molecular formula is C26H54Cl2N2O2S. The fourth-order valence-electron chi connectivity index (χ4n) is 3.85. The Morgan fingerprint density at radius 1 is 0.576 bits per heavy atom. The van der Waals surface area contributed by atoms with E-state index in [0.717, 1.165) is 59.2 Å². The summed E-state index contributed by atoms with van der Waals surface area (Å²) in [4.78, 5) is 24.6. The van der Waals surface area contributed by atoms with Crippen LogP contribution in [-0.4, -0.2) is 86.4 Å². The third-order valence-corrected chi connectivity index (χ3v) is 6.95. The molecule has 0 aromatic carbocycles. The van der Waals surface area contributed by atoms with Crippen LogP contribution in [0.5, 0.6) is 0 Å². The lowest BCUT2D eigenvalue weighted by molar-refractivity contribution is -0.880. The smallest absolute Gasteiger partial charge is 0.186 e. The number of halogens is 2. The molecule has 200 valence electrons. The van der Waals surface area contributed by atoms with Crippen LogP contribution >= 0.6 is 11.8 Å². The highest BCUT2D eigenvalue weighted by atomic mass is 35.5. The molecule has 0 spiro atoms. The van der Waals surface area contributed by atoms with Gasteiger partial charge < -0.3 is 33.8 Å². The predicted molar refractivity (Wildman–Crippen MR) is 138 cm³/mol. The van der Waals surface area contributed by atoms with Gasteiger partial charge in [-0.05, 0) is 12.8 Å². The Morgan fingerprint density at radius 3 is 1.24 bits per heavy atom. The number of thioether (sulfide) groups is 1. The molecule has 0 rings (SSSR count). The lowest BCUT2D eigenvalue weighted by Gasteiger charge is -2.30. The average Bonchev–Trinajstić information content (AvgIpc) is 2.66. The molecule has 7 heteroatoms. The Morgan fingerprint density at radius 2 is 0.909 bits per heavy atom. The molecule has 0 bridgehead atoms. The van der Waals surface area contributed by atoms with Crippen molar-refractivity contribution in [2.75, 3.05) is 65.9 Å². The molecule has 0 amide bonds. The Balaban J connectivity index is -0.00000450. The zero-order valence-corrected chi connectivity index (χ0v) is 24.9. The maximum atomic E-state index is 12.3. The van der Waals surface area contributed by atoms with Crippen molar-refractivity contribution >= 4 is 23.3 Å². The minimum atomic E-state index is 0. The van der Waals surface area contributed by atoms with Gasteiger partial charge in [0.25, 0.3) is 0 Å². The van der Waals surface area contributed by atoms with Crippen LogP contribution < -0.4 is 24.8 Å². The number of hydrogen-bond acceptors (Lipinski definition) is 3. The van der Waals surface area contributed by atoms with E-state index in [-0.39, 0.29) is 24.8 Å². The first-order valence-electron chi connectivity index (χ1n) is 12.9. The standard InChI is InChI=1S/C26H54N2O2S.2ClH/c1-7-9-11-13-15-17-25(29)23-27(3,4)19-21-31-22-20-28(5,6)24-26(30)18-16-14-12-10-8-2;;/h7-24H2,1-6H3;2*1H/q+2;;/p-2. The van der Waals surface area contributed by atoms with Crippen molar-refractivity contribution in [3.8, 4) is 0 Å². The zero-order valence-electron chi connectivity index (χ0n) is 22.6. The molecule has 0 aliphatic carbocycles. The van der Waals surface area contributed by atoms with Gasteiger partial charge in [-0.15, -0.1) is 0 Å². The normalized spacial score (nSPS) is 11.6. The highest BCUT2D eigenvalue weighted by molar-refractivity contribution is 7.99. The summed E-state index contributed by atoms with van der Waals surface area (Å²) in [6.07, 6.45) is 13.6. The summed E-state index contributed by atoms with van der Waals surface area (Å²) >= 11 is 1.96. The Bertz CT molecular complexity index is 447. The Labute approximate surface area is 223 Å². The molecule has 0 aliphatic rings. The first kappa shape index (κ1) is 37.7. The van der Waals surface area contributed by atoms with Crippen molar-refractivity contribution in [2.45, 2.75) is 90.9 Å². The summed E-state index contributed by atoms with van der Waals surface area (Å²) in [5, 5.41) is 0. The van der Waals surface area contributed by atoms with Crippen molar-refractivity contribution in [3.63, 3.8) is 0 Å². The van der Waals surface area contributed by atoms with Gasteiger partial charge in [-0.2, -0.15) is 11.8 Å². The van der Waals surface area contributed by atoms with Gasteiger partial charge in [0, 0.05) is 24.3 Å². The van der Waals surface area contributed by atoms with Gasteiger partial charge in [-0.25, -0.2) is 0 Å². The second kappa shape index (κ2) is 22.6. The summed E-state index contributed by atoms with van der Waals surface area (Å²) in [7, 11) is 8.70. The average molecular weight is 530 g/mol. The molecule has 0 heterocycles. The molecule has 0 atom stereocenters. The molecule has 0 N–H and O–H groups in total. The first-order chi connectivity index (χ1) is 14.6. The second-order valence-corrected chi connectivity index (χ2v) is 11.9. The topological polar surface area (TPSA) is 34.1 Å². The molecule has 0 aromatic heterocycles. The van der Waals surface area contributed by atoms with Crippen molar-refractivity contribution in [2.24, 2.45) is 0 Å². The van der Waals surface area contributed by atoms with Crippen LogP contribution in [0.1, 0.15) is 90.9 Å². The number of rotatable bonds is 22. The van der Waals surface area contributed by atoms with E-state index >= 15 is 0 Å². The SMILES string of the molecule is CCCCCCCC(=O)C[N+](C)(C)CCSCC[N+](C)(C)CC(=O)CCCCCCC.[Cl-].[Cl-]. The summed E-state index contributed by atoms with van der Waals surface area (Å²) in [6, 6.07) is 0. The van der Waals surface area contributed by atoms with Gasteiger partial charge in [0.2, 0.25) is 0 Å². The van der Waals surface area contributed by atoms with E-state index in [1.165, 1.54) is 51.4 Å². The summed E-state index contributed by atoms with van der Waals surface area (Å²) in [5.74, 6) is 2.97. The number of Topliss-reactive ketones (excluding diaryl/α,β-unsaturated/α-hetero) is 2. The van der Waals surface area contributed by atoms with Crippen LogP contribution in [0, 0.1) is 0 Å². The van der Waals surface area contributed by atoms with Gasteiger partial charge in [0.1, 0.15) is 13.1 Å². The van der Waals surface area contributed by atoms with E-state index in [2.05, 4.69) is 42.0 Å². The van der Waals surface area contributed by atoms with Crippen molar-refractivity contribution in [3.05, 3.63) is 0 Å². The summed E-state index contributed by atoms with van der Waals surface area (Å²) in [5.41, 5.74) is 0. The Kier molecular flexibility index (Phi) is 25.9. The first-order valence-corrected chi connectivity index (χ1v) is 14.0. The number of carbonyl (C=O) groups excluding carboxylic acids is 2. The van der Waals surface area contributed by atoms with Crippen molar-refractivity contribution in [1.29, 1.82) is 0 Å². The van der Waals surface area contributed by atoms with Crippen LogP contribution in [-0.2, 0) is 9.59 Å². The molecule has 33 heavy (non-hydrogen) atoms. The van der Waals surface area contributed by atoms with Gasteiger partial charge in [-0.3, -0.25) is 9.59 Å². The van der Waals surface area contributed by atoms with Crippen LogP contribution in [0.15, 0.2) is 0 Å². The van der Waals surface area contributed by atoms with Crippen LogP contribution in [0.25, 0.3) is 0 Å². The lowest BCUT2D eigenvalue weighted by Crippen LogP contribution is -3.00. The summed E-state index contributed by atoms with van der Waals surface area (Å²) in [6.45, 7) is 7.80. The molecule has 0 aliphatic heterocycles. The van der Waals surface area contributed by atoms with E-state index in [1.54, 1.807) is 0 Å². The number of unbranched alkanes of at least 4 members (excludes halogenated alkanes) is 8. The number of likely N-dealkylation sites (N-methyl/N-ethyl adjacent to an activating group) is 2. The molecule has 4 nitrogen and oxygen atoms in total. The van der Waals surface area contributed by atoms with Crippen molar-refractivity contribution < 1.29 is 43.4 Å². The minimum absolute atomic E-state index is 0. The number of nitrogens with zero attached hydrogens (tertiary/aromatic N) is 2. The number of ketones is 2. The molecule has 0 fully saturated rings. The fourth-order valence-corrected chi connectivity index (χ4v) is 5.30. The maximum absolute atomic E-state index is 12.3. The van der Waals surface area contributed by atoms with E-state index in [4.69, 9.17) is 0 Å². The molecule has 0 radical (unpaired) electrons. The molecular weight excluding hydrogens is 475 g/mol. The third kappa shape index (κ3) is 25.1. The molecule has 0 saturated heterocycles. The Hall–Kier alpha value is 0.190. The monoisotopic (exact) mass is 528 g/mol. The highest BCUT2D eigenvalue weighted by Gasteiger charge is 2.21. The van der Waals surface area contributed by atoms with Gasteiger partial charge >= 0.3 is 0 Å². The minimum Gasteiger partial charge on any atom is -1.00 e. The van der Waals surface area contributed by atoms with Crippen LogP contribution in [0.2, 0.25) is 0 Å². The summed E-state index contributed by atoms with van der Waals surface area (Å²) < 4.78 is 1.57. The highest BCUT2D eigenvalue weighted by Crippen LogP contribution is 2.11. The quantitative estimate of drug-likeness (QED) is 0.143. The van der Waals surface area contributed by atoms with E-state index < -0.39 is 0 Å². The second-order valence-electron chi connectivity index (χ2n) is 10.7. The number of hydrogen-bond donors (Lipinski definition) is 0. The van der Waals surface area contributed by atoms with E-state index in [0.29, 0.717) is 24.7 Å². The zero-order chi connectivity index (χ0) is 23.6. The number of carbonyl (C=O) groups is 2. The van der Waals surface area contributed by atoms with Gasteiger partial charge in [-0.1, -0.05) is 65.2 Å². The largest absolute Gasteiger partial charge is 1.00 e. The van der Waals surface area contributed by atoms with E-state index in [1.807, 2.05) is 11.8 Å². The van der Waals surface area contributed by atoms with Gasteiger partial charge in [0.05, 0.1) is 41.3 Å².